The SMILES string of the molecule is CCCCn1c2ccccc2c2nnc(N/N=C/c3ccco3)nc21. The van der Waals surface area contributed by atoms with E-state index in [1.54, 1.807) is 18.5 Å². The summed E-state index contributed by atoms with van der Waals surface area (Å²) in [5.74, 6) is 1.01. The number of hydrogen-bond donors (Lipinski definition) is 1. The van der Waals surface area contributed by atoms with E-state index in [1.165, 1.54) is 0 Å². The monoisotopic (exact) mass is 334 g/mol. The minimum atomic E-state index is 0.357. The van der Waals surface area contributed by atoms with E-state index in [0.717, 1.165) is 41.5 Å². The molecule has 7 nitrogen and oxygen atoms in total. The lowest BCUT2D eigenvalue weighted by molar-refractivity contribution is 0.560. The summed E-state index contributed by atoms with van der Waals surface area (Å²) >= 11 is 0. The average Bonchev–Trinajstić information content (AvgIpc) is 3.26. The fourth-order valence-electron chi connectivity index (χ4n) is 2.81. The molecule has 0 aliphatic carbocycles. The molecule has 0 atom stereocenters. The predicted molar refractivity (Wildman–Crippen MR) is 97.7 cm³/mol. The summed E-state index contributed by atoms with van der Waals surface area (Å²) in [6.07, 6.45) is 5.36. The Morgan fingerprint density at radius 2 is 2.12 bits per heavy atom. The molecule has 4 aromatic rings. The number of aryl methyl sites for hydroxylation is 1. The summed E-state index contributed by atoms with van der Waals surface area (Å²) in [6.45, 7) is 3.08. The lowest BCUT2D eigenvalue weighted by Gasteiger charge is -2.05. The van der Waals surface area contributed by atoms with Gasteiger partial charge in [-0.25, -0.2) is 5.43 Å². The second-order valence-electron chi connectivity index (χ2n) is 5.72. The maximum absolute atomic E-state index is 5.20. The number of benzene rings is 1. The molecule has 25 heavy (non-hydrogen) atoms. The van der Waals surface area contributed by atoms with E-state index in [9.17, 15) is 0 Å². The van der Waals surface area contributed by atoms with Gasteiger partial charge in [0, 0.05) is 11.9 Å². The van der Waals surface area contributed by atoms with Crippen molar-refractivity contribution in [1.29, 1.82) is 0 Å². The van der Waals surface area contributed by atoms with Gasteiger partial charge in [-0.05, 0) is 24.6 Å². The maximum atomic E-state index is 5.20. The van der Waals surface area contributed by atoms with Crippen LogP contribution >= 0.6 is 0 Å². The van der Waals surface area contributed by atoms with Gasteiger partial charge in [-0.1, -0.05) is 31.5 Å². The van der Waals surface area contributed by atoms with Gasteiger partial charge in [0.25, 0.3) is 5.95 Å². The molecule has 0 saturated heterocycles. The van der Waals surface area contributed by atoms with Gasteiger partial charge in [0.1, 0.15) is 11.3 Å². The van der Waals surface area contributed by atoms with Gasteiger partial charge in [-0.15, -0.1) is 10.2 Å². The molecule has 0 fully saturated rings. The molecule has 0 saturated carbocycles. The zero-order chi connectivity index (χ0) is 17.1. The number of aromatic nitrogens is 4. The van der Waals surface area contributed by atoms with Crippen molar-refractivity contribution in [1.82, 2.24) is 19.7 Å². The Labute approximate surface area is 144 Å². The lowest BCUT2D eigenvalue weighted by atomic mass is 10.2. The van der Waals surface area contributed by atoms with Crippen molar-refractivity contribution in [2.45, 2.75) is 26.3 Å². The number of hydrogen-bond acceptors (Lipinski definition) is 6. The first-order valence-electron chi connectivity index (χ1n) is 8.31. The number of rotatable bonds is 6. The molecule has 3 heterocycles. The van der Waals surface area contributed by atoms with Crippen molar-refractivity contribution >= 4 is 34.2 Å². The van der Waals surface area contributed by atoms with E-state index in [4.69, 9.17) is 4.42 Å². The lowest BCUT2D eigenvalue weighted by Crippen LogP contribution is -2.03. The Balaban J connectivity index is 1.72. The Morgan fingerprint density at radius 3 is 2.96 bits per heavy atom. The molecule has 4 rings (SSSR count). The van der Waals surface area contributed by atoms with Gasteiger partial charge in [-0.2, -0.15) is 10.1 Å². The van der Waals surface area contributed by atoms with Crippen molar-refractivity contribution in [3.05, 3.63) is 48.4 Å². The number of unbranched alkanes of at least 4 members (excludes halogenated alkanes) is 1. The van der Waals surface area contributed by atoms with E-state index in [2.05, 4.69) is 49.3 Å². The van der Waals surface area contributed by atoms with Crippen LogP contribution in [0.25, 0.3) is 22.1 Å². The second-order valence-corrected chi connectivity index (χ2v) is 5.72. The van der Waals surface area contributed by atoms with Crippen molar-refractivity contribution in [3.63, 3.8) is 0 Å². The molecule has 0 unspecified atom stereocenters. The third-order valence-corrected chi connectivity index (χ3v) is 4.01. The fraction of sp³-hybridized carbons (Fsp3) is 0.222. The van der Waals surface area contributed by atoms with E-state index in [-0.39, 0.29) is 0 Å². The number of fused-ring (bicyclic) bond motifs is 3. The van der Waals surface area contributed by atoms with E-state index >= 15 is 0 Å². The van der Waals surface area contributed by atoms with Crippen molar-refractivity contribution < 1.29 is 4.42 Å². The van der Waals surface area contributed by atoms with Gasteiger partial charge >= 0.3 is 0 Å². The summed E-state index contributed by atoms with van der Waals surface area (Å²) < 4.78 is 7.39. The van der Waals surface area contributed by atoms with Crippen LogP contribution in [0.3, 0.4) is 0 Å². The van der Waals surface area contributed by atoms with Crippen LogP contribution in [0.1, 0.15) is 25.5 Å². The summed E-state index contributed by atoms with van der Waals surface area (Å²) in [5, 5.41) is 13.7. The van der Waals surface area contributed by atoms with Crippen molar-refractivity contribution in [2.75, 3.05) is 5.43 Å². The topological polar surface area (TPSA) is 81.1 Å². The molecule has 0 spiro atoms. The Hall–Kier alpha value is -3.22. The number of furan rings is 1. The number of para-hydroxylation sites is 1. The molecule has 3 aromatic heterocycles. The van der Waals surface area contributed by atoms with Gasteiger partial charge in [0.15, 0.2) is 5.65 Å². The predicted octanol–water partition coefficient (Wildman–Crippen LogP) is 3.82. The summed E-state index contributed by atoms with van der Waals surface area (Å²) in [7, 11) is 0. The molecular weight excluding hydrogens is 316 g/mol. The minimum absolute atomic E-state index is 0.357. The largest absolute Gasteiger partial charge is 0.463 e. The molecule has 1 N–H and O–H groups in total. The molecule has 0 aliphatic rings. The van der Waals surface area contributed by atoms with Gasteiger partial charge in [0.05, 0.1) is 18.0 Å². The Kier molecular flexibility index (Phi) is 4.12. The normalized spacial score (nSPS) is 11.7. The smallest absolute Gasteiger partial charge is 0.265 e. The number of hydrazone groups is 1. The Bertz CT molecular complexity index is 1020. The van der Waals surface area contributed by atoms with E-state index in [1.807, 2.05) is 18.2 Å². The Morgan fingerprint density at radius 1 is 1.20 bits per heavy atom. The number of nitrogens with zero attached hydrogens (tertiary/aromatic N) is 5. The highest BCUT2D eigenvalue weighted by molar-refractivity contribution is 6.04. The highest BCUT2D eigenvalue weighted by Crippen LogP contribution is 2.26. The first kappa shape index (κ1) is 15.3. The van der Waals surface area contributed by atoms with Crippen molar-refractivity contribution in [3.8, 4) is 0 Å². The standard InChI is InChI=1S/C18H18N6O/c1-2-3-10-24-15-9-5-4-8-14(15)16-17(24)20-18(23-21-16)22-19-12-13-7-6-11-25-13/h4-9,11-12H,2-3,10H2,1H3,(H,20,22,23)/b19-12+. The molecule has 1 aromatic carbocycles. The molecule has 0 bridgehead atoms. The summed E-state index contributed by atoms with van der Waals surface area (Å²) in [4.78, 5) is 4.62. The zero-order valence-corrected chi connectivity index (χ0v) is 13.9. The van der Waals surface area contributed by atoms with Crippen molar-refractivity contribution in [2.24, 2.45) is 5.10 Å². The maximum Gasteiger partial charge on any atom is 0.265 e. The molecule has 0 radical (unpaired) electrons. The van der Waals surface area contributed by atoms with Crippen LogP contribution in [0.5, 0.6) is 0 Å². The van der Waals surface area contributed by atoms with Crippen LogP contribution in [0, 0.1) is 0 Å². The molecule has 7 heteroatoms. The van der Waals surface area contributed by atoms with Gasteiger partial charge in [0.2, 0.25) is 0 Å². The third-order valence-electron chi connectivity index (χ3n) is 4.01. The summed E-state index contributed by atoms with van der Waals surface area (Å²) in [6, 6.07) is 11.8. The van der Waals surface area contributed by atoms with E-state index in [0.29, 0.717) is 11.7 Å². The van der Waals surface area contributed by atoms with Gasteiger partial charge < -0.3 is 8.98 Å². The molecule has 0 amide bonds. The van der Waals surface area contributed by atoms with Crippen LogP contribution in [-0.2, 0) is 6.54 Å². The molecular formula is C18H18N6O. The zero-order valence-electron chi connectivity index (χ0n) is 13.9. The third kappa shape index (κ3) is 2.96. The first-order valence-corrected chi connectivity index (χ1v) is 8.31. The fourth-order valence-corrected chi connectivity index (χ4v) is 2.81. The van der Waals surface area contributed by atoms with Crippen LogP contribution in [0.15, 0.2) is 52.2 Å². The highest BCUT2D eigenvalue weighted by Gasteiger charge is 2.13. The van der Waals surface area contributed by atoms with Crippen LogP contribution in [-0.4, -0.2) is 26.0 Å². The van der Waals surface area contributed by atoms with Gasteiger partial charge in [-0.3, -0.25) is 0 Å². The molecule has 126 valence electrons. The number of nitrogens with one attached hydrogen (secondary N) is 1. The van der Waals surface area contributed by atoms with Crippen LogP contribution in [0.4, 0.5) is 5.95 Å². The molecule has 0 aliphatic heterocycles. The summed E-state index contributed by atoms with van der Waals surface area (Å²) in [5.41, 5.74) is 5.57. The highest BCUT2D eigenvalue weighted by atomic mass is 16.3. The average molecular weight is 334 g/mol. The quantitative estimate of drug-likeness (QED) is 0.428. The first-order chi connectivity index (χ1) is 12.4. The van der Waals surface area contributed by atoms with E-state index < -0.39 is 0 Å². The minimum Gasteiger partial charge on any atom is -0.463 e. The second kappa shape index (κ2) is 6.72. The number of anilines is 1. The van der Waals surface area contributed by atoms with Crippen LogP contribution < -0.4 is 5.43 Å². The van der Waals surface area contributed by atoms with Crippen LogP contribution in [0.2, 0.25) is 0 Å².